The maximum atomic E-state index is 12.6. The summed E-state index contributed by atoms with van der Waals surface area (Å²) in [6.07, 6.45) is 0. The first-order valence-corrected chi connectivity index (χ1v) is 8.43. The van der Waals surface area contributed by atoms with Gasteiger partial charge in [-0.05, 0) is 42.8 Å². The van der Waals surface area contributed by atoms with Gasteiger partial charge in [0.05, 0.1) is 18.2 Å². The molecule has 0 radical (unpaired) electrons. The van der Waals surface area contributed by atoms with Gasteiger partial charge in [-0.25, -0.2) is 0 Å². The van der Waals surface area contributed by atoms with E-state index in [4.69, 9.17) is 17.0 Å². The van der Waals surface area contributed by atoms with Crippen molar-refractivity contribution in [3.05, 3.63) is 41.1 Å². The minimum Gasteiger partial charge on any atom is -0.493 e. The fourth-order valence-corrected chi connectivity index (χ4v) is 2.76. The quantitative estimate of drug-likeness (QED) is 0.802. The van der Waals surface area contributed by atoms with Crippen molar-refractivity contribution in [1.82, 2.24) is 15.5 Å². The van der Waals surface area contributed by atoms with Crippen molar-refractivity contribution >= 4 is 23.2 Å². The van der Waals surface area contributed by atoms with Gasteiger partial charge in [0, 0.05) is 19.8 Å². The molecule has 0 spiro atoms. The molecule has 1 aliphatic rings. The first-order valence-electron chi connectivity index (χ1n) is 8.02. The predicted octanol–water partition coefficient (Wildman–Crippen LogP) is 2.60. The van der Waals surface area contributed by atoms with Crippen molar-refractivity contribution in [3.8, 4) is 5.75 Å². The SMILES string of the molecule is CC1=C(C(=O)N(C)C)C(c2ccc(OCC(C)C)cc2)NC(=S)N1. The lowest BCUT2D eigenvalue weighted by Gasteiger charge is -2.31. The lowest BCUT2D eigenvalue weighted by Crippen LogP contribution is -2.46. The number of nitrogens with one attached hydrogen (secondary N) is 2. The molecule has 6 heteroatoms. The number of amides is 1. The fourth-order valence-electron chi connectivity index (χ4n) is 2.49. The zero-order valence-corrected chi connectivity index (χ0v) is 15.7. The minimum absolute atomic E-state index is 0.0415. The van der Waals surface area contributed by atoms with Crippen LogP contribution in [0.2, 0.25) is 0 Å². The Labute approximate surface area is 149 Å². The van der Waals surface area contributed by atoms with Crippen molar-refractivity contribution in [2.24, 2.45) is 5.92 Å². The number of ether oxygens (including phenoxy) is 1. The van der Waals surface area contributed by atoms with Crippen LogP contribution in [0.1, 0.15) is 32.4 Å². The van der Waals surface area contributed by atoms with Crippen LogP contribution in [0.4, 0.5) is 0 Å². The minimum atomic E-state index is -0.271. The molecule has 0 bridgehead atoms. The Morgan fingerprint density at radius 3 is 2.46 bits per heavy atom. The lowest BCUT2D eigenvalue weighted by molar-refractivity contribution is -0.125. The largest absolute Gasteiger partial charge is 0.493 e. The summed E-state index contributed by atoms with van der Waals surface area (Å²) in [5.41, 5.74) is 2.42. The molecule has 1 amide bonds. The second kappa shape index (κ2) is 7.66. The Hall–Kier alpha value is -2.08. The molecule has 1 aromatic carbocycles. The van der Waals surface area contributed by atoms with Crippen LogP contribution >= 0.6 is 12.2 Å². The van der Waals surface area contributed by atoms with Crippen LogP contribution in [-0.4, -0.2) is 36.6 Å². The third-order valence-corrected chi connectivity index (χ3v) is 3.92. The summed E-state index contributed by atoms with van der Waals surface area (Å²) in [7, 11) is 3.49. The summed E-state index contributed by atoms with van der Waals surface area (Å²) in [6.45, 7) is 6.78. The van der Waals surface area contributed by atoms with Crippen molar-refractivity contribution in [3.63, 3.8) is 0 Å². The molecule has 1 aromatic rings. The third kappa shape index (κ3) is 4.26. The first kappa shape index (κ1) is 18.3. The van der Waals surface area contributed by atoms with Crippen molar-refractivity contribution in [2.75, 3.05) is 20.7 Å². The standard InChI is InChI=1S/C18H25N3O2S/c1-11(2)10-23-14-8-6-13(7-9-14)16-15(17(22)21(4)5)12(3)19-18(24)20-16/h6-9,11,16H,10H2,1-5H3,(H2,19,20,24). The molecular formula is C18H25N3O2S. The van der Waals surface area contributed by atoms with Gasteiger partial charge in [0.2, 0.25) is 0 Å². The van der Waals surface area contributed by atoms with Crippen LogP contribution in [0.5, 0.6) is 5.75 Å². The highest BCUT2D eigenvalue weighted by molar-refractivity contribution is 7.80. The van der Waals surface area contributed by atoms with Crippen molar-refractivity contribution in [1.29, 1.82) is 0 Å². The molecule has 130 valence electrons. The molecule has 0 saturated carbocycles. The zero-order chi connectivity index (χ0) is 17.9. The molecule has 24 heavy (non-hydrogen) atoms. The van der Waals surface area contributed by atoms with E-state index < -0.39 is 0 Å². The van der Waals surface area contributed by atoms with Gasteiger partial charge in [0.15, 0.2) is 5.11 Å². The van der Waals surface area contributed by atoms with Crippen LogP contribution in [0, 0.1) is 5.92 Å². The van der Waals surface area contributed by atoms with E-state index in [1.54, 1.807) is 19.0 Å². The number of hydrogen-bond donors (Lipinski definition) is 2. The Morgan fingerprint density at radius 1 is 1.29 bits per heavy atom. The van der Waals surface area contributed by atoms with Crippen LogP contribution in [0.15, 0.2) is 35.5 Å². The van der Waals surface area contributed by atoms with Gasteiger partial charge in [-0.3, -0.25) is 4.79 Å². The Bertz CT molecular complexity index is 651. The molecule has 0 aromatic heterocycles. The number of nitrogens with zero attached hydrogens (tertiary/aromatic N) is 1. The zero-order valence-electron chi connectivity index (χ0n) is 14.8. The smallest absolute Gasteiger partial charge is 0.253 e. The molecule has 5 nitrogen and oxygen atoms in total. The second-order valence-corrected chi connectivity index (χ2v) is 6.95. The van der Waals surface area contributed by atoms with Gasteiger partial charge < -0.3 is 20.3 Å². The maximum absolute atomic E-state index is 12.6. The number of hydrogen-bond acceptors (Lipinski definition) is 3. The second-order valence-electron chi connectivity index (χ2n) is 6.54. The van der Waals surface area contributed by atoms with Gasteiger partial charge in [0.1, 0.15) is 5.75 Å². The number of allylic oxidation sites excluding steroid dienone is 1. The summed E-state index contributed by atoms with van der Waals surface area (Å²) in [4.78, 5) is 14.1. The summed E-state index contributed by atoms with van der Waals surface area (Å²) >= 11 is 5.26. The van der Waals surface area contributed by atoms with Gasteiger partial charge in [-0.15, -0.1) is 0 Å². The highest BCUT2D eigenvalue weighted by atomic mass is 32.1. The third-order valence-electron chi connectivity index (χ3n) is 3.70. The fraction of sp³-hybridized carbons (Fsp3) is 0.444. The molecule has 2 rings (SSSR count). The highest BCUT2D eigenvalue weighted by Gasteiger charge is 2.30. The summed E-state index contributed by atoms with van der Waals surface area (Å²) < 4.78 is 5.72. The first-order chi connectivity index (χ1) is 11.3. The van der Waals surface area contributed by atoms with E-state index in [-0.39, 0.29) is 11.9 Å². The summed E-state index contributed by atoms with van der Waals surface area (Å²) in [6, 6.07) is 7.53. The Balaban J connectivity index is 2.28. The van der Waals surface area contributed by atoms with Crippen LogP contribution < -0.4 is 15.4 Å². The molecule has 2 N–H and O–H groups in total. The Kier molecular flexibility index (Phi) is 5.83. The van der Waals surface area contributed by atoms with Crippen molar-refractivity contribution in [2.45, 2.75) is 26.8 Å². The number of thiocarbonyl (C=S) groups is 1. The average molecular weight is 347 g/mol. The van der Waals surface area contributed by atoms with Crippen LogP contribution in [0.3, 0.4) is 0 Å². The van der Waals surface area contributed by atoms with E-state index in [9.17, 15) is 4.79 Å². The summed E-state index contributed by atoms with van der Waals surface area (Å²) in [5, 5.41) is 6.75. The number of rotatable bonds is 5. The van der Waals surface area contributed by atoms with Gasteiger partial charge >= 0.3 is 0 Å². The normalized spacial score (nSPS) is 17.4. The number of likely N-dealkylation sites (N-methyl/N-ethyl adjacent to an activating group) is 1. The van der Waals surface area contributed by atoms with Gasteiger partial charge in [-0.2, -0.15) is 0 Å². The molecular weight excluding hydrogens is 322 g/mol. The van der Waals surface area contributed by atoms with Crippen LogP contribution in [-0.2, 0) is 4.79 Å². The van der Waals surface area contributed by atoms with E-state index >= 15 is 0 Å². The van der Waals surface area contributed by atoms with E-state index in [1.807, 2.05) is 31.2 Å². The van der Waals surface area contributed by atoms with Crippen LogP contribution in [0.25, 0.3) is 0 Å². The van der Waals surface area contributed by atoms with E-state index in [1.165, 1.54) is 0 Å². The molecule has 0 fully saturated rings. The van der Waals surface area contributed by atoms with E-state index in [2.05, 4.69) is 24.5 Å². The topological polar surface area (TPSA) is 53.6 Å². The molecule has 1 unspecified atom stereocenters. The molecule has 0 aliphatic carbocycles. The monoisotopic (exact) mass is 347 g/mol. The molecule has 0 saturated heterocycles. The molecule has 1 aliphatic heterocycles. The lowest BCUT2D eigenvalue weighted by atomic mass is 9.94. The maximum Gasteiger partial charge on any atom is 0.253 e. The number of carbonyl (C=O) groups is 1. The Morgan fingerprint density at radius 2 is 1.92 bits per heavy atom. The van der Waals surface area contributed by atoms with Crippen molar-refractivity contribution < 1.29 is 9.53 Å². The van der Waals surface area contributed by atoms with Gasteiger partial charge in [-0.1, -0.05) is 26.0 Å². The van der Waals surface area contributed by atoms with Gasteiger partial charge in [0.25, 0.3) is 5.91 Å². The number of carbonyl (C=O) groups excluding carboxylic acids is 1. The summed E-state index contributed by atoms with van der Waals surface area (Å²) in [5.74, 6) is 1.26. The average Bonchev–Trinajstić information content (AvgIpc) is 2.52. The van der Waals surface area contributed by atoms with E-state index in [0.29, 0.717) is 23.2 Å². The molecule has 1 heterocycles. The number of benzene rings is 1. The molecule has 1 atom stereocenters. The van der Waals surface area contributed by atoms with E-state index in [0.717, 1.165) is 17.0 Å². The predicted molar refractivity (Wildman–Crippen MR) is 99.8 cm³/mol. The highest BCUT2D eigenvalue weighted by Crippen LogP contribution is 2.29.